The molecule has 8 heteroatoms. The van der Waals surface area contributed by atoms with Gasteiger partial charge in [-0.15, -0.1) is 0 Å². The lowest BCUT2D eigenvalue weighted by molar-refractivity contribution is -0.134. The van der Waals surface area contributed by atoms with Crippen molar-refractivity contribution >= 4 is 23.6 Å². The van der Waals surface area contributed by atoms with Crippen LogP contribution in [0.15, 0.2) is 91.0 Å². The van der Waals surface area contributed by atoms with E-state index in [9.17, 15) is 19.2 Å². The molecule has 0 atom stereocenters. The van der Waals surface area contributed by atoms with Crippen LogP contribution < -0.4 is 0 Å². The van der Waals surface area contributed by atoms with Crippen molar-refractivity contribution in [3.05, 3.63) is 119 Å². The number of carbonyl (C=O) groups is 4. The first-order valence-corrected chi connectivity index (χ1v) is 13.2. The van der Waals surface area contributed by atoms with Gasteiger partial charge in [0, 0.05) is 48.5 Å². The van der Waals surface area contributed by atoms with Crippen molar-refractivity contribution in [3.8, 4) is 0 Å². The molecule has 2 aliphatic rings. The summed E-state index contributed by atoms with van der Waals surface area (Å²) in [5, 5.41) is 15.6. The Morgan fingerprint density at radius 3 is 2.05 bits per heavy atom. The molecular weight excluding hydrogens is 508 g/mol. The average molecular weight is 541 g/mol. The van der Waals surface area contributed by atoms with Crippen molar-refractivity contribution in [1.29, 1.82) is 0 Å². The van der Waals surface area contributed by atoms with Crippen LogP contribution in [0.3, 0.4) is 0 Å². The van der Waals surface area contributed by atoms with Crippen LogP contribution in [0.2, 0.25) is 0 Å². The fraction of sp³-hybridized carbons (Fsp3) is 0.250. The van der Waals surface area contributed by atoms with Crippen molar-refractivity contribution in [2.75, 3.05) is 19.6 Å². The third kappa shape index (κ3) is 7.51. The van der Waals surface area contributed by atoms with Crippen molar-refractivity contribution in [1.82, 2.24) is 9.80 Å². The van der Waals surface area contributed by atoms with Gasteiger partial charge >= 0.3 is 11.9 Å². The largest absolute Gasteiger partial charge is 0.478 e. The maximum absolute atomic E-state index is 13.0. The molecule has 40 heavy (non-hydrogen) atoms. The van der Waals surface area contributed by atoms with E-state index in [0.29, 0.717) is 18.1 Å². The smallest absolute Gasteiger partial charge is 0.328 e. The summed E-state index contributed by atoms with van der Waals surface area (Å²) in [5.74, 6) is -1.72. The number of hydrogen-bond acceptors (Lipinski definition) is 5. The summed E-state index contributed by atoms with van der Waals surface area (Å²) in [7, 11) is 0. The van der Waals surface area contributed by atoms with Crippen molar-refractivity contribution in [2.45, 2.75) is 25.9 Å². The molecule has 3 aromatic rings. The Labute approximate surface area is 233 Å². The first kappa shape index (κ1) is 28.4. The molecule has 1 fully saturated rings. The number of benzene rings is 3. The molecular formula is C32H32N2O6. The standard InChI is InChI=1S/C28H28N2O2.C4H4O4/c31-27(22-8-2-1-3-9-22)25-12-6-4-10-23(25)19-29-16-14-21(15-17-29)18-30-20-24-11-5-7-13-26(24)28(30)32;5-3(6)1-2-4(7)8/h1-13,21H,14-20H2;1-2H,(H,5,6)(H,7,8). The van der Waals surface area contributed by atoms with Gasteiger partial charge in [-0.2, -0.15) is 0 Å². The van der Waals surface area contributed by atoms with E-state index >= 15 is 0 Å². The number of carboxylic acids is 2. The zero-order valence-electron chi connectivity index (χ0n) is 22.1. The molecule has 3 aromatic carbocycles. The minimum atomic E-state index is -1.26. The number of carbonyl (C=O) groups excluding carboxylic acids is 2. The van der Waals surface area contributed by atoms with Gasteiger partial charge in [0.15, 0.2) is 5.78 Å². The van der Waals surface area contributed by atoms with Gasteiger partial charge < -0.3 is 15.1 Å². The Morgan fingerprint density at radius 2 is 1.40 bits per heavy atom. The van der Waals surface area contributed by atoms with Gasteiger partial charge in [0.25, 0.3) is 5.91 Å². The number of ketones is 1. The summed E-state index contributed by atoms with van der Waals surface area (Å²) in [4.78, 5) is 49.3. The predicted octanol–water partition coefficient (Wildman–Crippen LogP) is 4.50. The number of likely N-dealkylation sites (tertiary alicyclic amines) is 1. The Bertz CT molecular complexity index is 1380. The number of rotatable bonds is 8. The normalized spacial score (nSPS) is 15.4. The van der Waals surface area contributed by atoms with Crippen LogP contribution in [0.4, 0.5) is 0 Å². The lowest BCUT2D eigenvalue weighted by Gasteiger charge is -2.34. The zero-order valence-corrected chi connectivity index (χ0v) is 22.1. The minimum absolute atomic E-state index is 0.0863. The van der Waals surface area contributed by atoms with Gasteiger partial charge in [-0.3, -0.25) is 14.5 Å². The molecule has 0 unspecified atom stereocenters. The number of aliphatic carboxylic acids is 2. The van der Waals surface area contributed by atoms with E-state index in [4.69, 9.17) is 10.2 Å². The van der Waals surface area contributed by atoms with Crippen LogP contribution in [0.1, 0.15) is 50.2 Å². The summed E-state index contributed by atoms with van der Waals surface area (Å²) in [5.41, 5.74) is 4.63. The van der Waals surface area contributed by atoms with E-state index in [1.807, 2.05) is 71.6 Å². The number of amides is 1. The highest BCUT2D eigenvalue weighted by atomic mass is 16.4. The van der Waals surface area contributed by atoms with Crippen LogP contribution in [0.5, 0.6) is 0 Å². The van der Waals surface area contributed by atoms with Gasteiger partial charge in [0.05, 0.1) is 0 Å². The maximum Gasteiger partial charge on any atom is 0.328 e. The summed E-state index contributed by atoms with van der Waals surface area (Å²) in [6.45, 7) is 4.35. The summed E-state index contributed by atoms with van der Waals surface area (Å²) in [6, 6.07) is 25.4. The topological polar surface area (TPSA) is 115 Å². The van der Waals surface area contributed by atoms with E-state index in [2.05, 4.69) is 17.0 Å². The van der Waals surface area contributed by atoms with Crippen LogP contribution in [0, 0.1) is 5.92 Å². The summed E-state index contributed by atoms with van der Waals surface area (Å²) < 4.78 is 0. The Hall–Kier alpha value is -4.56. The molecule has 5 rings (SSSR count). The van der Waals surface area contributed by atoms with E-state index in [0.717, 1.165) is 73.4 Å². The molecule has 2 aliphatic heterocycles. The van der Waals surface area contributed by atoms with Crippen LogP contribution >= 0.6 is 0 Å². The molecule has 1 saturated heterocycles. The predicted molar refractivity (Wildman–Crippen MR) is 150 cm³/mol. The van der Waals surface area contributed by atoms with E-state index < -0.39 is 11.9 Å². The zero-order chi connectivity index (χ0) is 28.5. The molecule has 0 aromatic heterocycles. The number of fused-ring (bicyclic) bond motifs is 1. The molecule has 0 bridgehead atoms. The second-order valence-electron chi connectivity index (χ2n) is 9.92. The number of piperidine rings is 1. The molecule has 2 N–H and O–H groups in total. The quantitative estimate of drug-likeness (QED) is 0.319. The van der Waals surface area contributed by atoms with Gasteiger partial charge in [-0.1, -0.05) is 72.8 Å². The molecule has 0 spiro atoms. The first-order chi connectivity index (χ1) is 19.3. The van der Waals surface area contributed by atoms with E-state index in [1.54, 1.807) is 0 Å². The fourth-order valence-corrected chi connectivity index (χ4v) is 5.11. The van der Waals surface area contributed by atoms with Crippen molar-refractivity contribution in [2.24, 2.45) is 5.92 Å². The summed E-state index contributed by atoms with van der Waals surface area (Å²) in [6.07, 6.45) is 3.27. The second kappa shape index (κ2) is 13.5. The molecule has 8 nitrogen and oxygen atoms in total. The number of hydrogen-bond donors (Lipinski definition) is 2. The highest BCUT2D eigenvalue weighted by molar-refractivity contribution is 6.09. The molecule has 1 amide bonds. The van der Waals surface area contributed by atoms with Crippen LogP contribution in [0.25, 0.3) is 0 Å². The third-order valence-corrected chi connectivity index (χ3v) is 7.14. The monoisotopic (exact) mass is 540 g/mol. The Balaban J connectivity index is 0.000000406. The van der Waals surface area contributed by atoms with Gasteiger partial charge in [0.2, 0.25) is 0 Å². The summed E-state index contributed by atoms with van der Waals surface area (Å²) >= 11 is 0. The van der Waals surface area contributed by atoms with Gasteiger partial charge in [-0.25, -0.2) is 9.59 Å². The van der Waals surface area contributed by atoms with Crippen molar-refractivity contribution in [3.63, 3.8) is 0 Å². The second-order valence-corrected chi connectivity index (χ2v) is 9.92. The average Bonchev–Trinajstić information content (AvgIpc) is 3.28. The highest BCUT2D eigenvalue weighted by Crippen LogP contribution is 2.27. The lowest BCUT2D eigenvalue weighted by Crippen LogP contribution is -2.38. The van der Waals surface area contributed by atoms with Crippen LogP contribution in [-0.4, -0.2) is 63.3 Å². The van der Waals surface area contributed by atoms with E-state index in [-0.39, 0.29) is 11.7 Å². The SMILES string of the molecule is O=C(O)C=CC(=O)O.O=C(c1ccccc1)c1ccccc1CN1CCC(CN2Cc3ccccc3C2=O)CC1. The van der Waals surface area contributed by atoms with E-state index in [1.165, 1.54) is 0 Å². The molecule has 0 saturated carbocycles. The molecule has 0 radical (unpaired) electrons. The maximum atomic E-state index is 13.0. The van der Waals surface area contributed by atoms with Gasteiger partial charge in [-0.05, 0) is 49.0 Å². The molecule has 206 valence electrons. The fourth-order valence-electron chi connectivity index (χ4n) is 5.11. The van der Waals surface area contributed by atoms with Crippen molar-refractivity contribution < 1.29 is 29.4 Å². The highest BCUT2D eigenvalue weighted by Gasteiger charge is 2.30. The van der Waals surface area contributed by atoms with Crippen LogP contribution in [-0.2, 0) is 22.7 Å². The lowest BCUT2D eigenvalue weighted by atomic mass is 9.94. The minimum Gasteiger partial charge on any atom is -0.478 e. The number of nitrogens with zero attached hydrogens (tertiary/aromatic N) is 2. The third-order valence-electron chi connectivity index (χ3n) is 7.14. The van der Waals surface area contributed by atoms with Gasteiger partial charge in [0.1, 0.15) is 0 Å². The Kier molecular flexibility index (Phi) is 9.59. The molecule has 0 aliphatic carbocycles. The molecule has 2 heterocycles. The Morgan fingerprint density at radius 1 is 0.800 bits per heavy atom. The number of carboxylic acid groups (broad SMARTS) is 2. The first-order valence-electron chi connectivity index (χ1n) is 13.2.